The lowest BCUT2D eigenvalue weighted by Crippen LogP contribution is -2.36. The summed E-state index contributed by atoms with van der Waals surface area (Å²) in [6.45, 7) is 0.745. The molecule has 0 unspecified atom stereocenters. The fourth-order valence-corrected chi connectivity index (χ4v) is 5.67. The van der Waals surface area contributed by atoms with Gasteiger partial charge in [-0.05, 0) is 48.4 Å². The van der Waals surface area contributed by atoms with Crippen LogP contribution in [0.1, 0.15) is 12.0 Å². The molecule has 4 rings (SSSR count). The van der Waals surface area contributed by atoms with Crippen LogP contribution in [0.4, 0.5) is 5.13 Å². The SMILES string of the molecule is COc1ccc(CCN(CCC(=O)Nc2nnc(-c3ccc(Br)cc3)s2)C(=O)CSc2ccccc2)cc1OC. The Bertz CT molecular complexity index is 1420. The second kappa shape index (κ2) is 14.8. The molecular formula is C29H29BrN4O4S2. The molecule has 0 atom stereocenters. The van der Waals surface area contributed by atoms with Crippen LogP contribution in [0.2, 0.25) is 0 Å². The first-order valence-electron chi connectivity index (χ1n) is 12.5. The zero-order valence-corrected chi connectivity index (χ0v) is 25.4. The first kappa shape index (κ1) is 29.6. The summed E-state index contributed by atoms with van der Waals surface area (Å²) >= 11 is 6.21. The van der Waals surface area contributed by atoms with E-state index in [0.717, 1.165) is 20.5 Å². The molecule has 1 heterocycles. The highest BCUT2D eigenvalue weighted by molar-refractivity contribution is 9.10. The summed E-state index contributed by atoms with van der Waals surface area (Å²) in [4.78, 5) is 28.8. The number of halogens is 1. The molecule has 0 saturated carbocycles. The maximum Gasteiger partial charge on any atom is 0.232 e. The monoisotopic (exact) mass is 640 g/mol. The third kappa shape index (κ3) is 8.54. The molecule has 1 N–H and O–H groups in total. The van der Waals surface area contributed by atoms with E-state index in [-0.39, 0.29) is 30.5 Å². The highest BCUT2D eigenvalue weighted by Gasteiger charge is 2.17. The van der Waals surface area contributed by atoms with Gasteiger partial charge in [-0.1, -0.05) is 63.7 Å². The molecule has 0 fully saturated rings. The minimum Gasteiger partial charge on any atom is -0.493 e. The third-order valence-electron chi connectivity index (χ3n) is 5.95. The lowest BCUT2D eigenvalue weighted by Gasteiger charge is -2.23. The molecule has 0 aliphatic carbocycles. The number of benzene rings is 3. The van der Waals surface area contributed by atoms with Crippen LogP contribution in [-0.2, 0) is 16.0 Å². The lowest BCUT2D eigenvalue weighted by molar-refractivity contribution is -0.128. The van der Waals surface area contributed by atoms with E-state index in [1.807, 2.05) is 72.8 Å². The molecule has 11 heteroatoms. The van der Waals surface area contributed by atoms with Crippen LogP contribution in [0.15, 0.2) is 82.2 Å². The molecule has 0 aliphatic heterocycles. The Kier molecular flexibility index (Phi) is 11.0. The normalized spacial score (nSPS) is 10.7. The Morgan fingerprint density at radius 2 is 1.70 bits per heavy atom. The quantitative estimate of drug-likeness (QED) is 0.175. The summed E-state index contributed by atoms with van der Waals surface area (Å²) in [5.41, 5.74) is 1.92. The van der Waals surface area contributed by atoms with Crippen molar-refractivity contribution < 1.29 is 19.1 Å². The van der Waals surface area contributed by atoms with Crippen molar-refractivity contribution in [2.75, 3.05) is 38.4 Å². The zero-order chi connectivity index (χ0) is 28.3. The Labute approximate surface area is 250 Å². The molecule has 3 aromatic carbocycles. The number of thioether (sulfide) groups is 1. The molecule has 2 amide bonds. The highest BCUT2D eigenvalue weighted by atomic mass is 79.9. The molecule has 8 nitrogen and oxygen atoms in total. The van der Waals surface area contributed by atoms with E-state index in [2.05, 4.69) is 31.4 Å². The van der Waals surface area contributed by atoms with E-state index >= 15 is 0 Å². The number of aromatic nitrogens is 2. The van der Waals surface area contributed by atoms with Crippen LogP contribution in [0, 0.1) is 0 Å². The largest absolute Gasteiger partial charge is 0.493 e. The predicted molar refractivity (Wildman–Crippen MR) is 163 cm³/mol. The Hall–Kier alpha value is -3.41. The maximum absolute atomic E-state index is 13.2. The van der Waals surface area contributed by atoms with Crippen LogP contribution in [0.5, 0.6) is 11.5 Å². The Balaban J connectivity index is 1.37. The number of carbonyl (C=O) groups is 2. The summed E-state index contributed by atoms with van der Waals surface area (Å²) in [5, 5.41) is 12.3. The molecule has 0 spiro atoms. The molecule has 208 valence electrons. The number of hydrogen-bond acceptors (Lipinski definition) is 8. The van der Waals surface area contributed by atoms with Gasteiger partial charge in [-0.2, -0.15) is 0 Å². The van der Waals surface area contributed by atoms with Crippen LogP contribution < -0.4 is 14.8 Å². The van der Waals surface area contributed by atoms with Crippen molar-refractivity contribution in [2.45, 2.75) is 17.7 Å². The van der Waals surface area contributed by atoms with Gasteiger partial charge in [0.05, 0.1) is 20.0 Å². The summed E-state index contributed by atoms with van der Waals surface area (Å²) < 4.78 is 11.7. The third-order valence-corrected chi connectivity index (χ3v) is 8.36. The molecule has 0 saturated heterocycles. The average Bonchev–Trinajstić information content (AvgIpc) is 3.44. The molecule has 0 radical (unpaired) electrons. The van der Waals surface area contributed by atoms with Gasteiger partial charge < -0.3 is 19.7 Å². The minimum absolute atomic E-state index is 0.0319. The van der Waals surface area contributed by atoms with Crippen LogP contribution in [0.25, 0.3) is 10.6 Å². The Morgan fingerprint density at radius 3 is 2.42 bits per heavy atom. The summed E-state index contributed by atoms with van der Waals surface area (Å²) in [6, 6.07) is 23.2. The van der Waals surface area contributed by atoms with Crippen LogP contribution in [-0.4, -0.2) is 60.0 Å². The van der Waals surface area contributed by atoms with Crippen LogP contribution >= 0.6 is 39.0 Å². The minimum atomic E-state index is -0.224. The van der Waals surface area contributed by atoms with Gasteiger partial charge in [0.15, 0.2) is 11.5 Å². The fraction of sp³-hybridized carbons (Fsp3) is 0.241. The predicted octanol–water partition coefficient (Wildman–Crippen LogP) is 6.18. The van der Waals surface area contributed by atoms with Gasteiger partial charge in [-0.25, -0.2) is 0 Å². The number of methoxy groups -OCH3 is 2. The van der Waals surface area contributed by atoms with Gasteiger partial charge in [-0.3, -0.25) is 9.59 Å². The molecule has 0 aliphatic rings. The van der Waals surface area contributed by atoms with E-state index in [9.17, 15) is 9.59 Å². The highest BCUT2D eigenvalue weighted by Crippen LogP contribution is 2.29. The number of hydrogen-bond donors (Lipinski definition) is 1. The van der Waals surface area contributed by atoms with Crippen molar-refractivity contribution in [1.82, 2.24) is 15.1 Å². The zero-order valence-electron chi connectivity index (χ0n) is 22.1. The van der Waals surface area contributed by atoms with Gasteiger partial charge in [0.1, 0.15) is 5.01 Å². The van der Waals surface area contributed by atoms with Crippen LogP contribution in [0.3, 0.4) is 0 Å². The maximum atomic E-state index is 13.2. The van der Waals surface area contributed by atoms with E-state index < -0.39 is 0 Å². The van der Waals surface area contributed by atoms with Crippen molar-refractivity contribution >= 4 is 56.0 Å². The second-order valence-electron chi connectivity index (χ2n) is 8.64. The van der Waals surface area contributed by atoms with Crippen molar-refractivity contribution in [3.05, 3.63) is 82.8 Å². The first-order chi connectivity index (χ1) is 19.4. The van der Waals surface area contributed by atoms with Gasteiger partial charge in [-0.15, -0.1) is 22.0 Å². The lowest BCUT2D eigenvalue weighted by atomic mass is 10.1. The Morgan fingerprint density at radius 1 is 0.950 bits per heavy atom. The van der Waals surface area contributed by atoms with Gasteiger partial charge in [0, 0.05) is 34.4 Å². The summed E-state index contributed by atoms with van der Waals surface area (Å²) in [5.74, 6) is 1.31. The van der Waals surface area contributed by atoms with Gasteiger partial charge in [0.25, 0.3) is 0 Å². The van der Waals surface area contributed by atoms with E-state index in [1.54, 1.807) is 19.1 Å². The molecular weight excluding hydrogens is 612 g/mol. The van der Waals surface area contributed by atoms with Gasteiger partial charge in [0.2, 0.25) is 16.9 Å². The molecule has 40 heavy (non-hydrogen) atoms. The molecule has 0 bridgehead atoms. The number of nitrogens with zero attached hydrogens (tertiary/aromatic N) is 3. The first-order valence-corrected chi connectivity index (χ1v) is 15.1. The van der Waals surface area contributed by atoms with E-state index in [0.29, 0.717) is 34.6 Å². The molecule has 1 aromatic heterocycles. The number of nitrogens with one attached hydrogen (secondary N) is 1. The van der Waals surface area contributed by atoms with E-state index in [1.165, 1.54) is 23.1 Å². The van der Waals surface area contributed by atoms with Crippen molar-refractivity contribution in [1.29, 1.82) is 0 Å². The average molecular weight is 642 g/mol. The number of carbonyl (C=O) groups excluding carboxylic acids is 2. The van der Waals surface area contributed by atoms with Gasteiger partial charge >= 0.3 is 0 Å². The van der Waals surface area contributed by atoms with E-state index in [4.69, 9.17) is 9.47 Å². The van der Waals surface area contributed by atoms with Crippen molar-refractivity contribution in [2.24, 2.45) is 0 Å². The standard InChI is InChI=1S/C29H29BrN4O4S2/c1-37-24-13-8-20(18-25(24)38-2)14-16-34(27(36)19-39-23-6-4-3-5-7-23)17-15-26(35)31-29-33-32-28(40-29)21-9-11-22(30)12-10-21/h3-13,18H,14-17,19H2,1-2H3,(H,31,33,35). The number of anilines is 1. The second-order valence-corrected chi connectivity index (χ2v) is 11.6. The topological polar surface area (TPSA) is 93.6 Å². The fourth-order valence-electron chi connectivity index (χ4n) is 3.82. The summed E-state index contributed by atoms with van der Waals surface area (Å²) in [6.07, 6.45) is 0.748. The number of amides is 2. The number of ether oxygens (including phenoxy) is 2. The summed E-state index contributed by atoms with van der Waals surface area (Å²) in [7, 11) is 3.19. The molecule has 4 aromatic rings. The smallest absolute Gasteiger partial charge is 0.232 e. The number of rotatable bonds is 13. The van der Waals surface area contributed by atoms with Crippen molar-refractivity contribution in [3.8, 4) is 22.1 Å². The van der Waals surface area contributed by atoms with Crippen molar-refractivity contribution in [3.63, 3.8) is 0 Å².